The number of rotatable bonds is 3. The van der Waals surface area contributed by atoms with Crippen LogP contribution in [0.2, 0.25) is 0 Å². The standard InChI is InChI=1S/C18H14BrFO/c1-21-17-10-9-16(14-7-2-3-8-15(14)17)18(19)12-5-4-6-13(20)11-12/h2-11,18H,1H3. The van der Waals surface area contributed by atoms with Crippen LogP contribution in [0.25, 0.3) is 10.8 Å². The molecule has 21 heavy (non-hydrogen) atoms. The molecule has 0 saturated carbocycles. The zero-order chi connectivity index (χ0) is 14.8. The Bertz CT molecular complexity index is 785. The molecule has 0 aliphatic rings. The number of hydrogen-bond donors (Lipinski definition) is 0. The van der Waals surface area contributed by atoms with Crippen LogP contribution >= 0.6 is 15.9 Å². The van der Waals surface area contributed by atoms with E-state index >= 15 is 0 Å². The third kappa shape index (κ3) is 2.66. The van der Waals surface area contributed by atoms with Gasteiger partial charge in [-0.15, -0.1) is 0 Å². The van der Waals surface area contributed by atoms with Crippen molar-refractivity contribution in [2.45, 2.75) is 4.83 Å². The molecule has 0 aromatic heterocycles. The number of benzene rings is 3. The Morgan fingerprint density at radius 1 is 0.952 bits per heavy atom. The van der Waals surface area contributed by atoms with Crippen molar-refractivity contribution >= 4 is 26.7 Å². The first kappa shape index (κ1) is 14.1. The lowest BCUT2D eigenvalue weighted by molar-refractivity contribution is 0.419. The Morgan fingerprint density at radius 3 is 2.43 bits per heavy atom. The molecule has 0 saturated heterocycles. The highest BCUT2D eigenvalue weighted by atomic mass is 79.9. The van der Waals surface area contributed by atoms with Crippen LogP contribution in [0, 0.1) is 5.82 Å². The summed E-state index contributed by atoms with van der Waals surface area (Å²) in [7, 11) is 1.67. The average molecular weight is 345 g/mol. The third-order valence-corrected chi connectivity index (χ3v) is 4.57. The molecule has 3 aromatic rings. The largest absolute Gasteiger partial charge is 0.496 e. The lowest BCUT2D eigenvalue weighted by atomic mass is 9.97. The number of halogens is 2. The number of alkyl halides is 1. The van der Waals surface area contributed by atoms with Gasteiger partial charge < -0.3 is 4.74 Å². The molecule has 3 heteroatoms. The summed E-state index contributed by atoms with van der Waals surface area (Å²) in [6, 6.07) is 18.7. The van der Waals surface area contributed by atoms with Gasteiger partial charge in [0.25, 0.3) is 0 Å². The van der Waals surface area contributed by atoms with Crippen LogP contribution in [0.4, 0.5) is 4.39 Å². The molecule has 0 N–H and O–H groups in total. The highest BCUT2D eigenvalue weighted by molar-refractivity contribution is 9.09. The number of ether oxygens (including phenoxy) is 1. The topological polar surface area (TPSA) is 9.23 Å². The average Bonchev–Trinajstić information content (AvgIpc) is 2.53. The highest BCUT2D eigenvalue weighted by Crippen LogP contribution is 2.38. The van der Waals surface area contributed by atoms with E-state index in [-0.39, 0.29) is 10.6 Å². The quantitative estimate of drug-likeness (QED) is 0.572. The molecule has 3 aromatic carbocycles. The van der Waals surface area contributed by atoms with Crippen molar-refractivity contribution in [3.63, 3.8) is 0 Å². The van der Waals surface area contributed by atoms with E-state index in [4.69, 9.17) is 4.74 Å². The fraction of sp³-hybridized carbons (Fsp3) is 0.111. The first-order valence-electron chi connectivity index (χ1n) is 6.66. The van der Waals surface area contributed by atoms with Crippen molar-refractivity contribution in [2.75, 3.05) is 7.11 Å². The maximum Gasteiger partial charge on any atom is 0.126 e. The van der Waals surface area contributed by atoms with Crippen LogP contribution < -0.4 is 4.74 Å². The summed E-state index contributed by atoms with van der Waals surface area (Å²) in [5.74, 6) is 0.614. The molecule has 1 nitrogen and oxygen atoms in total. The van der Waals surface area contributed by atoms with Crippen molar-refractivity contribution in [1.82, 2.24) is 0 Å². The summed E-state index contributed by atoms with van der Waals surface area (Å²) in [6.07, 6.45) is 0. The molecule has 0 amide bonds. The van der Waals surface area contributed by atoms with E-state index in [9.17, 15) is 4.39 Å². The van der Waals surface area contributed by atoms with Gasteiger partial charge in [-0.1, -0.05) is 58.4 Å². The summed E-state index contributed by atoms with van der Waals surface area (Å²) < 4.78 is 18.8. The molecule has 0 aliphatic heterocycles. The van der Waals surface area contributed by atoms with Crippen molar-refractivity contribution in [3.8, 4) is 5.75 Å². The van der Waals surface area contributed by atoms with Gasteiger partial charge in [-0.05, 0) is 34.7 Å². The summed E-state index contributed by atoms with van der Waals surface area (Å²) in [5.41, 5.74) is 1.99. The van der Waals surface area contributed by atoms with Gasteiger partial charge >= 0.3 is 0 Å². The number of hydrogen-bond acceptors (Lipinski definition) is 1. The van der Waals surface area contributed by atoms with Crippen LogP contribution in [-0.2, 0) is 0 Å². The summed E-state index contributed by atoms with van der Waals surface area (Å²) >= 11 is 3.69. The third-order valence-electron chi connectivity index (χ3n) is 3.55. The van der Waals surface area contributed by atoms with Gasteiger partial charge in [0.05, 0.1) is 11.9 Å². The van der Waals surface area contributed by atoms with Gasteiger partial charge in [0, 0.05) is 5.39 Å². The second kappa shape index (κ2) is 5.86. The maximum absolute atomic E-state index is 13.4. The first-order valence-corrected chi connectivity index (χ1v) is 7.57. The van der Waals surface area contributed by atoms with Crippen LogP contribution in [0.5, 0.6) is 5.75 Å². The van der Waals surface area contributed by atoms with E-state index in [0.717, 1.165) is 27.6 Å². The molecule has 3 rings (SSSR count). The Labute approximate surface area is 131 Å². The summed E-state index contributed by atoms with van der Waals surface area (Å²) in [4.78, 5) is -0.0657. The van der Waals surface area contributed by atoms with E-state index in [1.165, 1.54) is 6.07 Å². The first-order chi connectivity index (χ1) is 10.2. The Kier molecular flexibility index (Phi) is 3.93. The van der Waals surface area contributed by atoms with Gasteiger partial charge in [0.1, 0.15) is 11.6 Å². The summed E-state index contributed by atoms with van der Waals surface area (Å²) in [5, 5.41) is 2.15. The highest BCUT2D eigenvalue weighted by Gasteiger charge is 2.15. The van der Waals surface area contributed by atoms with Crippen LogP contribution in [-0.4, -0.2) is 7.11 Å². The fourth-order valence-electron chi connectivity index (χ4n) is 2.54. The van der Waals surface area contributed by atoms with Crippen molar-refractivity contribution in [2.24, 2.45) is 0 Å². The fourth-order valence-corrected chi connectivity index (χ4v) is 3.22. The van der Waals surface area contributed by atoms with Crippen molar-refractivity contribution in [3.05, 3.63) is 77.6 Å². The second-order valence-electron chi connectivity index (χ2n) is 4.82. The van der Waals surface area contributed by atoms with Gasteiger partial charge in [0.15, 0.2) is 0 Å². The van der Waals surface area contributed by atoms with Gasteiger partial charge in [-0.2, -0.15) is 0 Å². The SMILES string of the molecule is COc1ccc(C(Br)c2cccc(F)c2)c2ccccc12. The Balaban J connectivity index is 2.17. The Morgan fingerprint density at radius 2 is 1.71 bits per heavy atom. The zero-order valence-electron chi connectivity index (χ0n) is 11.5. The maximum atomic E-state index is 13.4. The minimum absolute atomic E-state index is 0.0657. The van der Waals surface area contributed by atoms with Gasteiger partial charge in [-0.25, -0.2) is 4.39 Å². The lowest BCUT2D eigenvalue weighted by Gasteiger charge is -2.15. The number of fused-ring (bicyclic) bond motifs is 1. The lowest BCUT2D eigenvalue weighted by Crippen LogP contribution is -1.96. The Hall–Kier alpha value is -1.87. The van der Waals surface area contributed by atoms with E-state index in [1.54, 1.807) is 19.2 Å². The van der Waals surface area contributed by atoms with Crippen LogP contribution in [0.15, 0.2) is 60.7 Å². The molecule has 1 unspecified atom stereocenters. The van der Waals surface area contributed by atoms with E-state index in [0.29, 0.717) is 0 Å². The molecule has 0 aliphatic carbocycles. The minimum atomic E-state index is -0.227. The molecule has 0 bridgehead atoms. The zero-order valence-corrected chi connectivity index (χ0v) is 13.1. The number of methoxy groups -OCH3 is 1. The van der Waals surface area contributed by atoms with Crippen molar-refractivity contribution < 1.29 is 9.13 Å². The smallest absolute Gasteiger partial charge is 0.126 e. The molecule has 1 atom stereocenters. The molecule has 0 fully saturated rings. The molecule has 0 heterocycles. The van der Waals surface area contributed by atoms with E-state index in [2.05, 4.69) is 22.0 Å². The molecule has 106 valence electrons. The molecular weight excluding hydrogens is 331 g/mol. The predicted octanol–water partition coefficient (Wildman–Crippen LogP) is 5.47. The van der Waals surface area contributed by atoms with Gasteiger partial charge in [0.2, 0.25) is 0 Å². The van der Waals surface area contributed by atoms with Crippen LogP contribution in [0.3, 0.4) is 0 Å². The van der Waals surface area contributed by atoms with Crippen molar-refractivity contribution in [1.29, 1.82) is 0 Å². The molecule has 0 spiro atoms. The van der Waals surface area contributed by atoms with E-state index < -0.39 is 0 Å². The predicted molar refractivity (Wildman–Crippen MR) is 87.7 cm³/mol. The minimum Gasteiger partial charge on any atom is -0.496 e. The molecule has 0 radical (unpaired) electrons. The monoisotopic (exact) mass is 344 g/mol. The summed E-state index contributed by atoms with van der Waals surface area (Å²) in [6.45, 7) is 0. The molecular formula is C18H14BrFO. The van der Waals surface area contributed by atoms with Crippen LogP contribution in [0.1, 0.15) is 16.0 Å². The van der Waals surface area contributed by atoms with E-state index in [1.807, 2.05) is 36.4 Å². The second-order valence-corrected chi connectivity index (χ2v) is 5.74. The van der Waals surface area contributed by atoms with Gasteiger partial charge in [-0.3, -0.25) is 0 Å². The normalized spacial score (nSPS) is 12.3.